The van der Waals surface area contributed by atoms with E-state index in [1.165, 1.54) is 0 Å². The van der Waals surface area contributed by atoms with E-state index in [1.54, 1.807) is 16.7 Å². The van der Waals surface area contributed by atoms with E-state index in [0.29, 0.717) is 17.1 Å². The van der Waals surface area contributed by atoms with Crippen LogP contribution in [0.5, 0.6) is 0 Å². The first-order chi connectivity index (χ1) is 8.81. The monoisotopic (exact) mass is 279 g/mol. The van der Waals surface area contributed by atoms with Crippen LogP contribution in [0.25, 0.3) is 5.65 Å². The number of imidazole rings is 1. The molecule has 4 nitrogen and oxygen atoms in total. The van der Waals surface area contributed by atoms with Crippen molar-refractivity contribution in [2.75, 3.05) is 0 Å². The van der Waals surface area contributed by atoms with Gasteiger partial charge >= 0.3 is 0 Å². The minimum Gasteiger partial charge on any atom is -0.346 e. The number of halogens is 1. The van der Waals surface area contributed by atoms with Gasteiger partial charge in [0.2, 0.25) is 0 Å². The fourth-order valence-corrected chi connectivity index (χ4v) is 2.11. The lowest BCUT2D eigenvalue weighted by Crippen LogP contribution is -2.41. The van der Waals surface area contributed by atoms with Gasteiger partial charge in [-0.15, -0.1) is 0 Å². The van der Waals surface area contributed by atoms with Gasteiger partial charge in [0.15, 0.2) is 0 Å². The Hall–Kier alpha value is -1.55. The van der Waals surface area contributed by atoms with E-state index in [0.717, 1.165) is 11.3 Å². The van der Waals surface area contributed by atoms with Crippen molar-refractivity contribution in [2.24, 2.45) is 0 Å². The van der Waals surface area contributed by atoms with Gasteiger partial charge in [0.25, 0.3) is 5.91 Å². The summed E-state index contributed by atoms with van der Waals surface area (Å²) in [7, 11) is 0. The summed E-state index contributed by atoms with van der Waals surface area (Å²) in [6.45, 7) is 7.84. The minimum absolute atomic E-state index is 0.126. The molecule has 0 aliphatic rings. The summed E-state index contributed by atoms with van der Waals surface area (Å²) >= 11 is 6.00. The van der Waals surface area contributed by atoms with Crippen LogP contribution in [0, 0.1) is 0 Å². The van der Waals surface area contributed by atoms with Crippen molar-refractivity contribution in [3.8, 4) is 0 Å². The average molecular weight is 280 g/mol. The van der Waals surface area contributed by atoms with Gasteiger partial charge in [-0.05, 0) is 39.3 Å². The van der Waals surface area contributed by atoms with Crippen molar-refractivity contribution < 1.29 is 4.79 Å². The predicted molar refractivity (Wildman–Crippen MR) is 76.8 cm³/mol. The summed E-state index contributed by atoms with van der Waals surface area (Å²) in [6, 6.07) is 3.59. The van der Waals surface area contributed by atoms with Crippen LogP contribution in [0.15, 0.2) is 18.3 Å². The van der Waals surface area contributed by atoms with E-state index in [4.69, 9.17) is 11.6 Å². The quantitative estimate of drug-likeness (QED) is 0.918. The number of nitrogens with one attached hydrogen (secondary N) is 1. The minimum atomic E-state index is -0.287. The van der Waals surface area contributed by atoms with Gasteiger partial charge in [0.05, 0.1) is 10.7 Å². The highest BCUT2D eigenvalue weighted by molar-refractivity contribution is 6.30. The standard InChI is InChI=1S/C14H18ClN3O/c1-5-10-12(13(19)17-14(2,3)4)18-8-9(15)6-7-11(18)16-10/h6-8H,5H2,1-4H3,(H,17,19). The summed E-state index contributed by atoms with van der Waals surface area (Å²) in [5.41, 5.74) is 1.80. The molecule has 1 N–H and O–H groups in total. The molecule has 5 heteroatoms. The fraction of sp³-hybridized carbons (Fsp3) is 0.429. The first-order valence-electron chi connectivity index (χ1n) is 6.31. The Morgan fingerprint density at radius 2 is 2.11 bits per heavy atom. The number of carbonyl (C=O) groups is 1. The number of carbonyl (C=O) groups excluding carboxylic acids is 1. The fourth-order valence-electron chi connectivity index (χ4n) is 1.95. The lowest BCUT2D eigenvalue weighted by atomic mass is 10.1. The zero-order valence-electron chi connectivity index (χ0n) is 11.6. The third-order valence-electron chi connectivity index (χ3n) is 2.69. The largest absolute Gasteiger partial charge is 0.346 e. The number of aromatic nitrogens is 2. The van der Waals surface area contributed by atoms with Gasteiger partial charge < -0.3 is 5.32 Å². The third-order valence-corrected chi connectivity index (χ3v) is 2.92. The van der Waals surface area contributed by atoms with Crippen molar-refractivity contribution in [2.45, 2.75) is 39.7 Å². The highest BCUT2D eigenvalue weighted by Crippen LogP contribution is 2.18. The topological polar surface area (TPSA) is 46.4 Å². The van der Waals surface area contributed by atoms with Gasteiger partial charge in [0, 0.05) is 11.7 Å². The van der Waals surface area contributed by atoms with Gasteiger partial charge in [-0.3, -0.25) is 9.20 Å². The average Bonchev–Trinajstić information content (AvgIpc) is 2.64. The number of hydrogen-bond acceptors (Lipinski definition) is 2. The molecule has 0 unspecified atom stereocenters. The molecular weight excluding hydrogens is 262 g/mol. The molecule has 19 heavy (non-hydrogen) atoms. The Balaban J connectivity index is 2.56. The Morgan fingerprint density at radius 1 is 1.42 bits per heavy atom. The molecule has 0 saturated heterocycles. The molecule has 2 aromatic heterocycles. The zero-order chi connectivity index (χ0) is 14.2. The van der Waals surface area contributed by atoms with Crippen LogP contribution >= 0.6 is 11.6 Å². The number of fused-ring (bicyclic) bond motifs is 1. The summed E-state index contributed by atoms with van der Waals surface area (Å²) < 4.78 is 1.75. The second-order valence-corrected chi connectivity index (χ2v) is 5.98. The molecular formula is C14H18ClN3O. The lowest BCUT2D eigenvalue weighted by Gasteiger charge is -2.20. The Labute approximate surface area is 117 Å². The molecule has 0 aromatic carbocycles. The number of pyridine rings is 1. The van der Waals surface area contributed by atoms with E-state index >= 15 is 0 Å². The molecule has 0 aliphatic heterocycles. The second-order valence-electron chi connectivity index (χ2n) is 5.54. The van der Waals surface area contributed by atoms with Gasteiger partial charge in [0.1, 0.15) is 11.3 Å². The van der Waals surface area contributed by atoms with E-state index in [-0.39, 0.29) is 11.4 Å². The van der Waals surface area contributed by atoms with Crippen LogP contribution < -0.4 is 5.32 Å². The van der Waals surface area contributed by atoms with Crippen LogP contribution in [0.1, 0.15) is 43.9 Å². The summed E-state index contributed by atoms with van der Waals surface area (Å²) in [4.78, 5) is 16.9. The maximum absolute atomic E-state index is 12.4. The molecule has 1 amide bonds. The number of aryl methyl sites for hydroxylation is 1. The van der Waals surface area contributed by atoms with E-state index < -0.39 is 0 Å². The third kappa shape index (κ3) is 2.89. The van der Waals surface area contributed by atoms with Gasteiger partial charge in [-0.2, -0.15) is 0 Å². The van der Waals surface area contributed by atoms with Crippen molar-refractivity contribution in [3.05, 3.63) is 34.7 Å². The molecule has 0 bridgehead atoms. The lowest BCUT2D eigenvalue weighted by molar-refractivity contribution is 0.0912. The molecule has 0 aliphatic carbocycles. The summed E-state index contributed by atoms with van der Waals surface area (Å²) in [5.74, 6) is -0.126. The molecule has 0 radical (unpaired) electrons. The van der Waals surface area contributed by atoms with Crippen molar-refractivity contribution in [1.29, 1.82) is 0 Å². The zero-order valence-corrected chi connectivity index (χ0v) is 12.4. The Kier molecular flexibility index (Phi) is 3.54. The summed E-state index contributed by atoms with van der Waals surface area (Å²) in [6.07, 6.45) is 2.42. The Morgan fingerprint density at radius 3 is 2.68 bits per heavy atom. The maximum atomic E-state index is 12.4. The molecule has 2 rings (SSSR count). The van der Waals surface area contributed by atoms with Crippen molar-refractivity contribution in [1.82, 2.24) is 14.7 Å². The van der Waals surface area contributed by atoms with Crippen LogP contribution in [-0.4, -0.2) is 20.8 Å². The smallest absolute Gasteiger partial charge is 0.270 e. The van der Waals surface area contributed by atoms with Gasteiger partial charge in [-0.1, -0.05) is 18.5 Å². The second kappa shape index (κ2) is 4.85. The summed E-state index contributed by atoms with van der Waals surface area (Å²) in [5, 5.41) is 3.55. The molecule has 0 spiro atoms. The predicted octanol–water partition coefficient (Wildman–Crippen LogP) is 3.08. The maximum Gasteiger partial charge on any atom is 0.270 e. The SMILES string of the molecule is CCc1nc2ccc(Cl)cn2c1C(=O)NC(C)(C)C. The molecule has 0 atom stereocenters. The normalized spacial score (nSPS) is 11.8. The molecule has 102 valence electrons. The van der Waals surface area contributed by atoms with E-state index in [2.05, 4.69) is 10.3 Å². The van der Waals surface area contributed by atoms with Crippen LogP contribution in [-0.2, 0) is 6.42 Å². The molecule has 0 saturated carbocycles. The van der Waals surface area contributed by atoms with Crippen molar-refractivity contribution in [3.63, 3.8) is 0 Å². The molecule has 0 fully saturated rings. The highest BCUT2D eigenvalue weighted by Gasteiger charge is 2.22. The van der Waals surface area contributed by atoms with E-state index in [9.17, 15) is 4.79 Å². The molecule has 2 aromatic rings. The number of rotatable bonds is 2. The first-order valence-corrected chi connectivity index (χ1v) is 6.68. The number of amides is 1. The van der Waals surface area contributed by atoms with Crippen LogP contribution in [0.2, 0.25) is 5.02 Å². The van der Waals surface area contributed by atoms with E-state index in [1.807, 2.05) is 33.8 Å². The first kappa shape index (κ1) is 13.9. The number of nitrogens with zero attached hydrogens (tertiary/aromatic N) is 2. The highest BCUT2D eigenvalue weighted by atomic mass is 35.5. The Bertz CT molecular complexity index is 625. The van der Waals surface area contributed by atoms with Crippen LogP contribution in [0.3, 0.4) is 0 Å². The van der Waals surface area contributed by atoms with Crippen molar-refractivity contribution >= 4 is 23.2 Å². The molecule has 2 heterocycles. The van der Waals surface area contributed by atoms with Gasteiger partial charge in [-0.25, -0.2) is 4.98 Å². The van der Waals surface area contributed by atoms with Crippen LogP contribution in [0.4, 0.5) is 0 Å². The number of hydrogen-bond donors (Lipinski definition) is 1.